The van der Waals surface area contributed by atoms with Gasteiger partial charge in [0.2, 0.25) is 15.9 Å². The number of sulfonamides is 1. The highest BCUT2D eigenvalue weighted by Gasteiger charge is 2.58. The summed E-state index contributed by atoms with van der Waals surface area (Å²) < 4.78 is 32.9. The molecule has 30 heavy (non-hydrogen) atoms. The number of rotatable bonds is 6. The van der Waals surface area contributed by atoms with E-state index in [4.69, 9.17) is 4.74 Å². The lowest BCUT2D eigenvalue weighted by atomic mass is 9.76. The Morgan fingerprint density at radius 3 is 2.47 bits per heavy atom. The number of hydrogen-bond acceptors (Lipinski definition) is 5. The first-order valence-electron chi connectivity index (χ1n) is 11.0. The van der Waals surface area contributed by atoms with Crippen LogP contribution in [0.1, 0.15) is 39.5 Å². The van der Waals surface area contributed by atoms with Gasteiger partial charge in [-0.05, 0) is 50.5 Å². The quantitative estimate of drug-likeness (QED) is 0.740. The number of benzene rings is 1. The summed E-state index contributed by atoms with van der Waals surface area (Å²) in [6.07, 6.45) is 3.63. The van der Waals surface area contributed by atoms with E-state index < -0.39 is 10.0 Å². The molecular weight excluding hydrogens is 402 g/mol. The second kappa shape index (κ2) is 8.13. The van der Waals surface area contributed by atoms with E-state index in [1.165, 1.54) is 0 Å². The van der Waals surface area contributed by atoms with Crippen LogP contribution in [0.4, 0.5) is 0 Å². The molecule has 1 amide bonds. The minimum atomic E-state index is -3.55. The largest absolute Gasteiger partial charge is 0.497 e. The Hall–Kier alpha value is -1.64. The van der Waals surface area contributed by atoms with E-state index >= 15 is 0 Å². The van der Waals surface area contributed by atoms with Gasteiger partial charge in [-0.1, -0.05) is 13.3 Å². The van der Waals surface area contributed by atoms with Crippen LogP contribution in [0.2, 0.25) is 0 Å². The molecule has 8 heteroatoms. The Labute approximate surface area is 179 Å². The lowest BCUT2D eigenvalue weighted by molar-refractivity contribution is -0.123. The Balaban J connectivity index is 1.46. The molecule has 1 aromatic rings. The van der Waals surface area contributed by atoms with Crippen LogP contribution in [-0.2, 0) is 14.8 Å². The van der Waals surface area contributed by atoms with Gasteiger partial charge in [-0.2, -0.15) is 4.31 Å². The highest BCUT2D eigenvalue weighted by atomic mass is 32.2. The van der Waals surface area contributed by atoms with Crippen LogP contribution in [0.15, 0.2) is 29.2 Å². The molecule has 0 bridgehead atoms. The number of amides is 1. The van der Waals surface area contributed by atoms with E-state index in [0.29, 0.717) is 37.7 Å². The normalized spacial score (nSPS) is 27.8. The third-order valence-electron chi connectivity index (χ3n) is 7.41. The molecular formula is C22H33N3O4S. The van der Waals surface area contributed by atoms with Crippen molar-refractivity contribution < 1.29 is 17.9 Å². The monoisotopic (exact) mass is 435 g/mol. The second-order valence-electron chi connectivity index (χ2n) is 9.03. The van der Waals surface area contributed by atoms with Crippen LogP contribution in [0.3, 0.4) is 0 Å². The molecule has 1 aromatic carbocycles. The Morgan fingerprint density at radius 1 is 1.20 bits per heavy atom. The zero-order valence-corrected chi connectivity index (χ0v) is 19.0. The first kappa shape index (κ1) is 21.6. The van der Waals surface area contributed by atoms with Crippen LogP contribution in [0, 0.1) is 11.8 Å². The zero-order chi connectivity index (χ0) is 21.5. The molecule has 7 nitrogen and oxygen atoms in total. The summed E-state index contributed by atoms with van der Waals surface area (Å²) in [5, 5.41) is 3.29. The summed E-state index contributed by atoms with van der Waals surface area (Å²) in [6.45, 7) is 7.06. The lowest BCUT2D eigenvalue weighted by Gasteiger charge is -2.42. The van der Waals surface area contributed by atoms with Crippen LogP contribution in [0.5, 0.6) is 5.75 Å². The second-order valence-corrected chi connectivity index (χ2v) is 11.0. The summed E-state index contributed by atoms with van der Waals surface area (Å²) in [7, 11) is -1.99. The van der Waals surface area contributed by atoms with Crippen molar-refractivity contribution in [3.8, 4) is 5.75 Å². The van der Waals surface area contributed by atoms with Gasteiger partial charge in [0.05, 0.1) is 17.9 Å². The van der Waals surface area contributed by atoms with Gasteiger partial charge in [-0.25, -0.2) is 8.42 Å². The predicted octanol–water partition coefficient (Wildman–Crippen LogP) is 2.08. The Kier molecular flexibility index (Phi) is 5.85. The molecule has 3 heterocycles. The number of nitrogens with zero attached hydrogens (tertiary/aromatic N) is 2. The van der Waals surface area contributed by atoms with Gasteiger partial charge in [0.25, 0.3) is 0 Å². The average Bonchev–Trinajstić information content (AvgIpc) is 3.29. The van der Waals surface area contributed by atoms with E-state index in [1.54, 1.807) is 35.7 Å². The Morgan fingerprint density at radius 2 is 1.87 bits per heavy atom. The number of ether oxygens (including phenoxy) is 1. The molecule has 166 valence electrons. The van der Waals surface area contributed by atoms with Crippen molar-refractivity contribution in [1.82, 2.24) is 14.5 Å². The molecule has 0 radical (unpaired) electrons. The molecule has 3 aliphatic rings. The van der Waals surface area contributed by atoms with Crippen molar-refractivity contribution in [3.63, 3.8) is 0 Å². The maximum Gasteiger partial charge on any atom is 0.243 e. The number of nitrogens with one attached hydrogen (secondary N) is 1. The zero-order valence-electron chi connectivity index (χ0n) is 18.1. The van der Waals surface area contributed by atoms with E-state index in [-0.39, 0.29) is 28.2 Å². The summed E-state index contributed by atoms with van der Waals surface area (Å²) in [6, 6.07) is 7.02. The highest BCUT2D eigenvalue weighted by Crippen LogP contribution is 2.45. The molecule has 3 atom stereocenters. The molecule has 0 saturated carbocycles. The van der Waals surface area contributed by atoms with Crippen molar-refractivity contribution >= 4 is 15.9 Å². The Bertz CT molecular complexity index is 878. The van der Waals surface area contributed by atoms with Gasteiger partial charge in [-0.15, -0.1) is 0 Å². The fraction of sp³-hybridized carbons (Fsp3) is 0.682. The molecule has 0 aromatic heterocycles. The summed E-state index contributed by atoms with van der Waals surface area (Å²) >= 11 is 0. The van der Waals surface area contributed by atoms with E-state index in [2.05, 4.69) is 24.1 Å². The third-order valence-corrected chi connectivity index (χ3v) is 9.32. The van der Waals surface area contributed by atoms with Crippen LogP contribution >= 0.6 is 0 Å². The van der Waals surface area contributed by atoms with Gasteiger partial charge in [0, 0.05) is 43.7 Å². The van der Waals surface area contributed by atoms with Gasteiger partial charge < -0.3 is 10.1 Å². The minimum Gasteiger partial charge on any atom is -0.497 e. The van der Waals surface area contributed by atoms with E-state index in [1.807, 2.05) is 0 Å². The SMILES string of the molecule is CCC[C@H](C)N1C[C@H]2C(=O)NC3(CCN(S(=O)(=O)c4ccc(OC)cc4)CC3)[C@H]2C1. The lowest BCUT2D eigenvalue weighted by Crippen LogP contribution is -2.56. The predicted molar refractivity (Wildman–Crippen MR) is 115 cm³/mol. The van der Waals surface area contributed by atoms with Crippen LogP contribution in [-0.4, -0.2) is 68.4 Å². The number of likely N-dealkylation sites (tertiary alicyclic amines) is 1. The summed E-state index contributed by atoms with van der Waals surface area (Å²) in [5.41, 5.74) is -0.269. The summed E-state index contributed by atoms with van der Waals surface area (Å²) in [4.78, 5) is 15.5. The smallest absolute Gasteiger partial charge is 0.243 e. The van der Waals surface area contributed by atoms with Crippen LogP contribution in [0.25, 0.3) is 0 Å². The molecule has 0 unspecified atom stereocenters. The number of carbonyl (C=O) groups excluding carboxylic acids is 1. The fourth-order valence-electron chi connectivity index (χ4n) is 5.57. The van der Waals surface area contributed by atoms with Crippen LogP contribution < -0.4 is 10.1 Å². The fourth-order valence-corrected chi connectivity index (χ4v) is 7.01. The highest BCUT2D eigenvalue weighted by molar-refractivity contribution is 7.89. The molecule has 4 rings (SSSR count). The van der Waals surface area contributed by atoms with Gasteiger partial charge >= 0.3 is 0 Å². The molecule has 3 saturated heterocycles. The molecule has 0 aliphatic carbocycles. The van der Waals surface area contributed by atoms with Crippen molar-refractivity contribution in [1.29, 1.82) is 0 Å². The van der Waals surface area contributed by atoms with Crippen molar-refractivity contribution in [2.45, 2.75) is 56.0 Å². The van der Waals surface area contributed by atoms with Crippen molar-refractivity contribution in [2.75, 3.05) is 33.3 Å². The summed E-state index contributed by atoms with van der Waals surface area (Å²) in [5.74, 6) is 1.09. The number of piperidine rings is 1. The molecule has 1 spiro atoms. The third kappa shape index (κ3) is 3.63. The number of methoxy groups -OCH3 is 1. The van der Waals surface area contributed by atoms with Gasteiger partial charge in [0.15, 0.2) is 0 Å². The topological polar surface area (TPSA) is 79.0 Å². The first-order valence-corrected chi connectivity index (χ1v) is 12.4. The maximum atomic E-state index is 13.1. The average molecular weight is 436 g/mol. The number of carbonyl (C=O) groups is 1. The molecule has 1 N–H and O–H groups in total. The number of hydrogen-bond donors (Lipinski definition) is 1. The molecule has 3 fully saturated rings. The van der Waals surface area contributed by atoms with E-state index in [0.717, 1.165) is 25.9 Å². The maximum absolute atomic E-state index is 13.1. The number of fused-ring (bicyclic) bond motifs is 2. The minimum absolute atomic E-state index is 0.0362. The van der Waals surface area contributed by atoms with E-state index in [9.17, 15) is 13.2 Å². The van der Waals surface area contributed by atoms with Crippen molar-refractivity contribution in [2.24, 2.45) is 11.8 Å². The first-order chi connectivity index (χ1) is 14.3. The van der Waals surface area contributed by atoms with Gasteiger partial charge in [-0.3, -0.25) is 9.69 Å². The van der Waals surface area contributed by atoms with Crippen molar-refractivity contribution in [3.05, 3.63) is 24.3 Å². The molecule has 3 aliphatic heterocycles. The standard InChI is InChI=1S/C22H33N3O4S/c1-4-5-16(2)24-14-19-20(15-24)22(23-21(19)26)10-12-25(13-11-22)30(27,28)18-8-6-17(29-3)7-9-18/h6-9,16,19-20H,4-5,10-15H2,1-3H3,(H,23,26)/t16-,19+,20-/m0/s1. The van der Waals surface area contributed by atoms with Gasteiger partial charge in [0.1, 0.15) is 5.75 Å².